The average molecular weight is 337 g/mol. The summed E-state index contributed by atoms with van der Waals surface area (Å²) >= 11 is 0. The second-order valence-electron chi connectivity index (χ2n) is 8.44. The van der Waals surface area contributed by atoms with Crippen molar-refractivity contribution in [1.82, 2.24) is 4.90 Å². The molecule has 0 unspecified atom stereocenters. The molecule has 6 heteroatoms. The predicted octanol–water partition coefficient (Wildman–Crippen LogP) is 3.97. The summed E-state index contributed by atoms with van der Waals surface area (Å²) < 4.78 is 17.8. The summed E-state index contributed by atoms with van der Waals surface area (Å²) in [7, 11) is -0.315. The third kappa shape index (κ3) is 4.15. The second kappa shape index (κ2) is 6.72. The van der Waals surface area contributed by atoms with E-state index in [1.165, 1.54) is 0 Å². The van der Waals surface area contributed by atoms with Gasteiger partial charge in [-0.25, -0.2) is 4.79 Å². The third-order valence-electron chi connectivity index (χ3n) is 5.27. The van der Waals surface area contributed by atoms with Gasteiger partial charge in [0.2, 0.25) is 0 Å². The van der Waals surface area contributed by atoms with E-state index < -0.39 is 5.60 Å². The molecule has 2 rings (SSSR count). The van der Waals surface area contributed by atoms with Gasteiger partial charge in [0.05, 0.1) is 11.2 Å². The van der Waals surface area contributed by atoms with E-state index in [9.17, 15) is 4.79 Å². The van der Waals surface area contributed by atoms with Gasteiger partial charge < -0.3 is 18.9 Å². The van der Waals surface area contributed by atoms with E-state index in [1.807, 2.05) is 19.9 Å². The van der Waals surface area contributed by atoms with Gasteiger partial charge >= 0.3 is 13.2 Å². The summed E-state index contributed by atoms with van der Waals surface area (Å²) in [6.45, 7) is 15.4. The number of rotatable bonds is 4. The Labute approximate surface area is 146 Å². The average Bonchev–Trinajstić information content (AvgIpc) is 2.67. The van der Waals surface area contributed by atoms with Crippen molar-refractivity contribution in [2.45, 2.75) is 84.5 Å². The Balaban J connectivity index is 1.94. The molecule has 136 valence electrons. The molecule has 0 spiro atoms. The topological polar surface area (TPSA) is 48.0 Å². The molecule has 0 aromatic rings. The van der Waals surface area contributed by atoms with Gasteiger partial charge in [-0.05, 0) is 59.9 Å². The predicted molar refractivity (Wildman–Crippen MR) is 95.8 cm³/mol. The zero-order valence-corrected chi connectivity index (χ0v) is 16.3. The molecule has 2 aliphatic rings. The lowest BCUT2D eigenvalue weighted by Crippen LogP contribution is -2.41. The van der Waals surface area contributed by atoms with Gasteiger partial charge in [-0.15, -0.1) is 0 Å². The zero-order valence-electron chi connectivity index (χ0n) is 16.3. The van der Waals surface area contributed by atoms with Crippen LogP contribution in [0.2, 0.25) is 0 Å². The van der Waals surface area contributed by atoms with E-state index in [0.717, 1.165) is 24.7 Å². The normalized spacial score (nSPS) is 23.2. The number of hydrogen-bond donors (Lipinski definition) is 0. The van der Waals surface area contributed by atoms with Gasteiger partial charge in [0.15, 0.2) is 0 Å². The minimum Gasteiger partial charge on any atom is -0.443 e. The maximum Gasteiger partial charge on any atom is 0.490 e. The van der Waals surface area contributed by atoms with Gasteiger partial charge in [0, 0.05) is 13.1 Å². The molecular formula is C18H32BNO4. The number of hydrogen-bond acceptors (Lipinski definition) is 4. The molecule has 2 aliphatic heterocycles. The monoisotopic (exact) mass is 337 g/mol. The first-order valence-corrected chi connectivity index (χ1v) is 9.00. The lowest BCUT2D eigenvalue weighted by atomic mass is 9.75. The van der Waals surface area contributed by atoms with Crippen LogP contribution in [-0.4, -0.2) is 48.0 Å². The molecule has 0 N–H and O–H groups in total. The highest BCUT2D eigenvalue weighted by atomic mass is 16.7. The smallest absolute Gasteiger partial charge is 0.443 e. The molecule has 0 atom stereocenters. The number of ether oxygens (including phenoxy) is 1. The van der Waals surface area contributed by atoms with Gasteiger partial charge in [-0.2, -0.15) is 0 Å². The molecule has 0 aliphatic carbocycles. The lowest BCUT2D eigenvalue weighted by molar-refractivity contribution is 0.00578. The summed E-state index contributed by atoms with van der Waals surface area (Å²) in [4.78, 5) is 14.1. The van der Waals surface area contributed by atoms with Crippen molar-refractivity contribution in [3.8, 4) is 0 Å². The fourth-order valence-corrected chi connectivity index (χ4v) is 3.01. The Morgan fingerprint density at radius 2 is 1.88 bits per heavy atom. The second-order valence-corrected chi connectivity index (χ2v) is 8.44. The lowest BCUT2D eigenvalue weighted by Gasteiger charge is -2.32. The van der Waals surface area contributed by atoms with Crippen molar-refractivity contribution in [2.75, 3.05) is 13.1 Å². The van der Waals surface area contributed by atoms with Crippen LogP contribution in [-0.2, 0) is 14.0 Å². The zero-order chi connectivity index (χ0) is 18.2. The number of carbonyl (C=O) groups is 1. The van der Waals surface area contributed by atoms with Gasteiger partial charge in [-0.1, -0.05) is 19.4 Å². The van der Waals surface area contributed by atoms with Crippen LogP contribution in [0.4, 0.5) is 4.79 Å². The first-order chi connectivity index (χ1) is 11.0. The number of carbonyl (C=O) groups excluding carboxylic acids is 1. The van der Waals surface area contributed by atoms with Crippen LogP contribution in [0, 0.1) is 0 Å². The van der Waals surface area contributed by atoms with Crippen LogP contribution in [0.15, 0.2) is 11.5 Å². The van der Waals surface area contributed by atoms with Crippen LogP contribution >= 0.6 is 0 Å². The van der Waals surface area contributed by atoms with Crippen molar-refractivity contribution >= 4 is 13.2 Å². The number of amides is 1. The van der Waals surface area contributed by atoms with Crippen molar-refractivity contribution in [2.24, 2.45) is 0 Å². The molecular weight excluding hydrogens is 305 g/mol. The van der Waals surface area contributed by atoms with E-state index in [1.54, 1.807) is 4.90 Å². The van der Waals surface area contributed by atoms with Crippen LogP contribution in [0.3, 0.4) is 0 Å². The highest BCUT2D eigenvalue weighted by molar-refractivity contribution is 6.54. The largest absolute Gasteiger partial charge is 0.490 e. The van der Waals surface area contributed by atoms with E-state index in [0.29, 0.717) is 13.1 Å². The maximum absolute atomic E-state index is 12.3. The van der Waals surface area contributed by atoms with Crippen molar-refractivity contribution in [3.05, 3.63) is 11.5 Å². The summed E-state index contributed by atoms with van der Waals surface area (Å²) in [5.41, 5.74) is 0.0319. The standard InChI is InChI=1S/C18H32BNO4/c1-8-11-16(2,3)22-15(21)20-12-9-14(10-13-20)19-23-17(4,5)18(6,7)24-19/h9H,8,10-13H2,1-7H3. The highest BCUT2D eigenvalue weighted by Gasteiger charge is 2.52. The summed E-state index contributed by atoms with van der Waals surface area (Å²) in [5, 5.41) is 0. The highest BCUT2D eigenvalue weighted by Crippen LogP contribution is 2.39. The molecule has 1 saturated heterocycles. The molecule has 24 heavy (non-hydrogen) atoms. The Morgan fingerprint density at radius 3 is 2.33 bits per heavy atom. The molecule has 0 aromatic carbocycles. The van der Waals surface area contributed by atoms with Gasteiger partial charge in [0.25, 0.3) is 0 Å². The Hall–Kier alpha value is -1.01. The quantitative estimate of drug-likeness (QED) is 0.729. The summed E-state index contributed by atoms with van der Waals surface area (Å²) in [5.74, 6) is 0. The van der Waals surface area contributed by atoms with Crippen molar-refractivity contribution in [1.29, 1.82) is 0 Å². The summed E-state index contributed by atoms with van der Waals surface area (Å²) in [6, 6.07) is 0. The van der Waals surface area contributed by atoms with E-state index in [-0.39, 0.29) is 24.4 Å². The summed E-state index contributed by atoms with van der Waals surface area (Å²) in [6.07, 6.45) is 4.41. The van der Waals surface area contributed by atoms with E-state index >= 15 is 0 Å². The Bertz CT molecular complexity index is 497. The molecule has 5 nitrogen and oxygen atoms in total. The van der Waals surface area contributed by atoms with Gasteiger partial charge in [-0.3, -0.25) is 0 Å². The maximum atomic E-state index is 12.3. The van der Waals surface area contributed by atoms with Crippen LogP contribution < -0.4 is 0 Å². The van der Waals surface area contributed by atoms with Gasteiger partial charge in [0.1, 0.15) is 5.60 Å². The third-order valence-corrected chi connectivity index (χ3v) is 5.27. The minimum absolute atomic E-state index is 0.238. The SMILES string of the molecule is CCCC(C)(C)OC(=O)N1CC=C(B2OC(C)(C)C(C)(C)O2)CC1. The van der Waals surface area contributed by atoms with Crippen LogP contribution in [0.25, 0.3) is 0 Å². The first-order valence-electron chi connectivity index (χ1n) is 9.00. The minimum atomic E-state index is -0.415. The molecule has 2 heterocycles. The number of nitrogens with zero attached hydrogens (tertiary/aromatic N) is 1. The van der Waals surface area contributed by atoms with Crippen molar-refractivity contribution < 1.29 is 18.8 Å². The fourth-order valence-electron chi connectivity index (χ4n) is 3.01. The Morgan fingerprint density at radius 1 is 1.29 bits per heavy atom. The Kier molecular flexibility index (Phi) is 5.41. The van der Waals surface area contributed by atoms with Crippen LogP contribution in [0.1, 0.15) is 67.7 Å². The van der Waals surface area contributed by atoms with E-state index in [2.05, 4.69) is 34.6 Å². The van der Waals surface area contributed by atoms with E-state index in [4.69, 9.17) is 14.0 Å². The molecule has 1 amide bonds. The van der Waals surface area contributed by atoms with Crippen LogP contribution in [0.5, 0.6) is 0 Å². The fraction of sp³-hybridized carbons (Fsp3) is 0.833. The first kappa shape index (κ1) is 19.3. The molecule has 1 fully saturated rings. The molecule has 0 bridgehead atoms. The molecule has 0 saturated carbocycles. The molecule has 0 aromatic heterocycles. The van der Waals surface area contributed by atoms with Crippen molar-refractivity contribution in [3.63, 3.8) is 0 Å². The molecule has 0 radical (unpaired) electrons.